The zero-order chi connectivity index (χ0) is 16.2. The second-order valence-corrected chi connectivity index (χ2v) is 8.36. The van der Waals surface area contributed by atoms with Crippen LogP contribution in [0.2, 0.25) is 0 Å². The Bertz CT molecular complexity index is 563. The molecule has 21 heavy (non-hydrogen) atoms. The molecule has 0 unspecified atom stereocenters. The minimum Gasteiger partial charge on any atom is -0.297 e. The van der Waals surface area contributed by atoms with Gasteiger partial charge in [-0.05, 0) is 58.4 Å². The first-order valence-corrected chi connectivity index (χ1v) is 9.44. The van der Waals surface area contributed by atoms with Gasteiger partial charge in [-0.15, -0.1) is 0 Å². The van der Waals surface area contributed by atoms with Crippen LogP contribution in [-0.2, 0) is 10.0 Å². The lowest BCUT2D eigenvalue weighted by molar-refractivity contribution is 0.179. The van der Waals surface area contributed by atoms with Gasteiger partial charge in [-0.2, -0.15) is 0 Å². The highest BCUT2D eigenvalue weighted by atomic mass is 79.9. The Labute approximate surface area is 137 Å². The number of rotatable bonds is 7. The Hall–Kier alpha value is -0.430. The molecular formula is C15H25BrN2O2S. The van der Waals surface area contributed by atoms with Gasteiger partial charge in [0, 0.05) is 29.6 Å². The Morgan fingerprint density at radius 1 is 1.19 bits per heavy atom. The Morgan fingerprint density at radius 2 is 1.76 bits per heavy atom. The number of hydrogen-bond donors (Lipinski definition) is 1. The minimum atomic E-state index is -3.44. The molecule has 4 nitrogen and oxygen atoms in total. The molecule has 0 radical (unpaired) electrons. The first kappa shape index (κ1) is 18.6. The molecule has 0 heterocycles. The van der Waals surface area contributed by atoms with Crippen LogP contribution >= 0.6 is 15.9 Å². The average molecular weight is 377 g/mol. The van der Waals surface area contributed by atoms with Crippen LogP contribution in [-0.4, -0.2) is 38.5 Å². The molecule has 6 heteroatoms. The molecule has 120 valence electrons. The van der Waals surface area contributed by atoms with Gasteiger partial charge in [-0.3, -0.25) is 4.90 Å². The molecule has 1 rings (SSSR count). The summed E-state index contributed by atoms with van der Waals surface area (Å²) in [4.78, 5) is 2.57. The van der Waals surface area contributed by atoms with Crippen LogP contribution in [0.4, 0.5) is 0 Å². The van der Waals surface area contributed by atoms with Crippen molar-refractivity contribution in [1.29, 1.82) is 0 Å². The number of hydrogen-bond acceptors (Lipinski definition) is 3. The van der Waals surface area contributed by atoms with Crippen LogP contribution in [0.1, 0.15) is 33.3 Å². The van der Waals surface area contributed by atoms with Gasteiger partial charge >= 0.3 is 0 Å². The van der Waals surface area contributed by atoms with E-state index in [4.69, 9.17) is 0 Å². The lowest BCUT2D eigenvalue weighted by Crippen LogP contribution is -2.42. The third-order valence-electron chi connectivity index (χ3n) is 3.43. The maximum absolute atomic E-state index is 12.3. The highest BCUT2D eigenvalue weighted by molar-refractivity contribution is 9.10. The number of halogens is 1. The smallest absolute Gasteiger partial charge is 0.240 e. The molecule has 0 amide bonds. The van der Waals surface area contributed by atoms with Crippen molar-refractivity contribution in [2.75, 3.05) is 13.1 Å². The van der Waals surface area contributed by atoms with E-state index in [0.717, 1.165) is 10.0 Å². The van der Waals surface area contributed by atoms with Gasteiger partial charge in [0.15, 0.2) is 0 Å². The third kappa shape index (κ3) is 5.36. The van der Waals surface area contributed by atoms with Crippen molar-refractivity contribution in [2.45, 2.75) is 51.6 Å². The lowest BCUT2D eigenvalue weighted by atomic mass is 10.2. The van der Waals surface area contributed by atoms with E-state index in [9.17, 15) is 8.42 Å². The number of sulfonamides is 1. The zero-order valence-corrected chi connectivity index (χ0v) is 15.8. The van der Waals surface area contributed by atoms with Crippen molar-refractivity contribution < 1.29 is 8.42 Å². The van der Waals surface area contributed by atoms with Gasteiger partial charge in [-0.25, -0.2) is 13.1 Å². The predicted molar refractivity (Wildman–Crippen MR) is 91.0 cm³/mol. The van der Waals surface area contributed by atoms with Crippen LogP contribution in [0.3, 0.4) is 0 Å². The monoisotopic (exact) mass is 376 g/mol. The van der Waals surface area contributed by atoms with Gasteiger partial charge in [-0.1, -0.05) is 15.9 Å². The highest BCUT2D eigenvalue weighted by Gasteiger charge is 2.17. The van der Waals surface area contributed by atoms with E-state index in [0.29, 0.717) is 30.1 Å². The maximum Gasteiger partial charge on any atom is 0.240 e. The van der Waals surface area contributed by atoms with Gasteiger partial charge < -0.3 is 0 Å². The average Bonchev–Trinajstić information content (AvgIpc) is 2.36. The molecule has 0 fully saturated rings. The molecule has 0 atom stereocenters. The minimum absolute atomic E-state index is 0.309. The van der Waals surface area contributed by atoms with Crippen LogP contribution in [0.5, 0.6) is 0 Å². The quantitative estimate of drug-likeness (QED) is 0.794. The fraction of sp³-hybridized carbons (Fsp3) is 0.600. The van der Waals surface area contributed by atoms with E-state index in [2.05, 4.69) is 53.2 Å². The largest absolute Gasteiger partial charge is 0.297 e. The van der Waals surface area contributed by atoms with E-state index in [-0.39, 0.29) is 0 Å². The highest BCUT2D eigenvalue weighted by Crippen LogP contribution is 2.19. The summed E-state index contributed by atoms with van der Waals surface area (Å²) in [6.45, 7) is 11.5. The van der Waals surface area contributed by atoms with Crippen LogP contribution in [0.15, 0.2) is 27.6 Å². The van der Waals surface area contributed by atoms with Gasteiger partial charge in [0.2, 0.25) is 10.0 Å². The fourth-order valence-corrected chi connectivity index (χ4v) is 3.64. The molecule has 0 aliphatic rings. The summed E-state index contributed by atoms with van der Waals surface area (Å²) in [5.74, 6) is 0. The molecule has 1 N–H and O–H groups in total. The molecule has 1 aromatic rings. The van der Waals surface area contributed by atoms with E-state index in [1.54, 1.807) is 18.2 Å². The fourth-order valence-electron chi connectivity index (χ4n) is 2.29. The SMILES string of the molecule is Cc1cc(S(=O)(=O)NCCN(C(C)C)C(C)C)ccc1Br. The number of benzene rings is 1. The summed E-state index contributed by atoms with van der Waals surface area (Å²) in [6.07, 6.45) is 0. The standard InChI is InChI=1S/C15H25BrN2O2S/c1-11(2)18(12(3)4)9-8-17-21(19,20)14-6-7-15(16)13(5)10-14/h6-7,10-12,17H,8-9H2,1-5H3. The molecule has 0 saturated carbocycles. The van der Waals surface area contributed by atoms with Gasteiger partial charge in [0.25, 0.3) is 0 Å². The second kappa shape index (κ2) is 7.72. The van der Waals surface area contributed by atoms with E-state index < -0.39 is 10.0 Å². The molecular weight excluding hydrogens is 352 g/mol. The summed E-state index contributed by atoms with van der Waals surface area (Å²) in [5.41, 5.74) is 0.906. The van der Waals surface area contributed by atoms with Crippen LogP contribution in [0.25, 0.3) is 0 Å². The summed E-state index contributed by atoms with van der Waals surface area (Å²) >= 11 is 3.38. The first-order valence-electron chi connectivity index (χ1n) is 7.16. The van der Waals surface area contributed by atoms with E-state index in [1.165, 1.54) is 0 Å². The maximum atomic E-state index is 12.3. The first-order chi connectivity index (χ1) is 9.65. The van der Waals surface area contributed by atoms with Crippen molar-refractivity contribution in [3.8, 4) is 0 Å². The van der Waals surface area contributed by atoms with E-state index >= 15 is 0 Å². The Balaban J connectivity index is 2.71. The molecule has 0 spiro atoms. The molecule has 0 bridgehead atoms. The summed E-state index contributed by atoms with van der Waals surface area (Å²) < 4.78 is 28.1. The van der Waals surface area contributed by atoms with Crippen molar-refractivity contribution >= 4 is 26.0 Å². The third-order valence-corrected chi connectivity index (χ3v) is 5.78. The molecule has 1 aromatic carbocycles. The normalized spacial score (nSPS) is 12.6. The van der Waals surface area contributed by atoms with Crippen molar-refractivity contribution in [2.24, 2.45) is 0 Å². The van der Waals surface area contributed by atoms with Gasteiger partial charge in [0.05, 0.1) is 4.90 Å². The molecule has 0 aliphatic carbocycles. The summed E-state index contributed by atoms with van der Waals surface area (Å²) in [6, 6.07) is 5.84. The van der Waals surface area contributed by atoms with Crippen molar-refractivity contribution in [1.82, 2.24) is 9.62 Å². The number of nitrogens with one attached hydrogen (secondary N) is 1. The zero-order valence-electron chi connectivity index (χ0n) is 13.4. The summed E-state index contributed by atoms with van der Waals surface area (Å²) in [5, 5.41) is 0. The molecule has 0 saturated heterocycles. The van der Waals surface area contributed by atoms with Crippen molar-refractivity contribution in [3.63, 3.8) is 0 Å². The summed E-state index contributed by atoms with van der Waals surface area (Å²) in [7, 11) is -3.44. The van der Waals surface area contributed by atoms with Crippen LogP contribution < -0.4 is 4.72 Å². The van der Waals surface area contributed by atoms with Crippen molar-refractivity contribution in [3.05, 3.63) is 28.2 Å². The Kier molecular flexibility index (Phi) is 6.84. The topological polar surface area (TPSA) is 49.4 Å². The van der Waals surface area contributed by atoms with E-state index in [1.807, 2.05) is 6.92 Å². The second-order valence-electron chi connectivity index (χ2n) is 5.73. The number of aryl methyl sites for hydroxylation is 1. The van der Waals surface area contributed by atoms with Crippen LogP contribution in [0, 0.1) is 6.92 Å². The Morgan fingerprint density at radius 3 is 2.24 bits per heavy atom. The predicted octanol–water partition coefficient (Wildman–Crippen LogP) is 3.15. The number of nitrogens with zero attached hydrogens (tertiary/aromatic N) is 1. The molecule has 0 aliphatic heterocycles. The lowest BCUT2D eigenvalue weighted by Gasteiger charge is -2.30. The van der Waals surface area contributed by atoms with Gasteiger partial charge in [0.1, 0.15) is 0 Å². The molecule has 0 aromatic heterocycles.